The Kier molecular flexibility index (Phi) is 2.90. The van der Waals surface area contributed by atoms with Gasteiger partial charge in [-0.1, -0.05) is 19.8 Å². The molecule has 1 heterocycles. The van der Waals surface area contributed by atoms with Gasteiger partial charge in [-0.25, -0.2) is 0 Å². The standard InChI is InChI=1S/C15H22O3/c1-7-15(16)10(2)8-14(9-13(15,5)6)17-11(3)12(4)18-14/h1,8,11-12,16H,9H2,2-6H3. The van der Waals surface area contributed by atoms with Crippen molar-refractivity contribution < 1.29 is 14.6 Å². The quantitative estimate of drug-likeness (QED) is 0.529. The van der Waals surface area contributed by atoms with Gasteiger partial charge >= 0.3 is 0 Å². The van der Waals surface area contributed by atoms with Gasteiger partial charge in [-0.3, -0.25) is 0 Å². The van der Waals surface area contributed by atoms with Crippen LogP contribution in [0, 0.1) is 17.8 Å². The van der Waals surface area contributed by atoms with Crippen molar-refractivity contribution in [2.45, 2.75) is 64.6 Å². The van der Waals surface area contributed by atoms with Gasteiger partial charge in [0.15, 0.2) is 11.4 Å². The molecule has 0 radical (unpaired) electrons. The van der Waals surface area contributed by atoms with E-state index in [1.807, 2.05) is 40.7 Å². The summed E-state index contributed by atoms with van der Waals surface area (Å²) in [5.41, 5.74) is -1.01. The molecule has 1 N–H and O–H groups in total. The number of ether oxygens (including phenoxy) is 2. The number of aliphatic hydroxyl groups is 1. The molecule has 18 heavy (non-hydrogen) atoms. The minimum atomic E-state index is -1.24. The first-order chi connectivity index (χ1) is 8.16. The predicted octanol–water partition coefficient (Wildman–Crippen LogP) is 2.25. The smallest absolute Gasteiger partial charge is 0.189 e. The van der Waals surface area contributed by atoms with Crippen molar-refractivity contribution in [3.63, 3.8) is 0 Å². The summed E-state index contributed by atoms with van der Waals surface area (Å²) in [6.07, 6.45) is 8.00. The molecule has 3 nitrogen and oxygen atoms in total. The van der Waals surface area contributed by atoms with Crippen LogP contribution >= 0.6 is 0 Å². The molecule has 100 valence electrons. The first kappa shape index (κ1) is 13.6. The lowest BCUT2D eigenvalue weighted by Gasteiger charge is -2.48. The van der Waals surface area contributed by atoms with Crippen LogP contribution in [0.4, 0.5) is 0 Å². The zero-order valence-corrected chi connectivity index (χ0v) is 11.8. The predicted molar refractivity (Wildman–Crippen MR) is 69.8 cm³/mol. The summed E-state index contributed by atoms with van der Waals surface area (Å²) in [7, 11) is 0. The van der Waals surface area contributed by atoms with Gasteiger partial charge in [0.2, 0.25) is 0 Å². The highest BCUT2D eigenvalue weighted by Crippen LogP contribution is 2.51. The zero-order chi connectivity index (χ0) is 13.8. The van der Waals surface area contributed by atoms with Gasteiger partial charge in [-0.2, -0.15) is 0 Å². The van der Waals surface area contributed by atoms with Gasteiger partial charge < -0.3 is 14.6 Å². The molecule has 1 fully saturated rings. The maximum absolute atomic E-state index is 10.6. The summed E-state index contributed by atoms with van der Waals surface area (Å²) in [6.45, 7) is 9.73. The van der Waals surface area contributed by atoms with E-state index < -0.39 is 16.8 Å². The third kappa shape index (κ3) is 1.72. The van der Waals surface area contributed by atoms with E-state index in [1.165, 1.54) is 0 Å². The summed E-state index contributed by atoms with van der Waals surface area (Å²) in [4.78, 5) is 0. The molecule has 0 bridgehead atoms. The highest BCUT2D eigenvalue weighted by molar-refractivity contribution is 5.37. The van der Waals surface area contributed by atoms with E-state index in [0.717, 1.165) is 5.57 Å². The maximum Gasteiger partial charge on any atom is 0.189 e. The van der Waals surface area contributed by atoms with Crippen LogP contribution in [0.3, 0.4) is 0 Å². The Balaban J connectivity index is 2.45. The average molecular weight is 250 g/mol. The van der Waals surface area contributed by atoms with Crippen LogP contribution in [0.1, 0.15) is 41.0 Å². The second kappa shape index (κ2) is 3.84. The third-order valence-electron chi connectivity index (χ3n) is 4.32. The van der Waals surface area contributed by atoms with Gasteiger partial charge in [0.25, 0.3) is 0 Å². The zero-order valence-electron chi connectivity index (χ0n) is 11.8. The van der Waals surface area contributed by atoms with Crippen LogP contribution in [0.5, 0.6) is 0 Å². The largest absolute Gasteiger partial charge is 0.373 e. The molecule has 3 atom stereocenters. The Bertz CT molecular complexity index is 420. The van der Waals surface area contributed by atoms with Gasteiger partial charge in [0.05, 0.1) is 12.2 Å². The van der Waals surface area contributed by atoms with Crippen LogP contribution < -0.4 is 0 Å². The van der Waals surface area contributed by atoms with Crippen molar-refractivity contribution in [3.8, 4) is 12.3 Å². The molecule has 1 spiro atoms. The Morgan fingerprint density at radius 1 is 1.33 bits per heavy atom. The lowest BCUT2D eigenvalue weighted by atomic mass is 9.64. The van der Waals surface area contributed by atoms with E-state index in [9.17, 15) is 5.11 Å². The Hall–Kier alpha value is -0.820. The van der Waals surface area contributed by atoms with Crippen molar-refractivity contribution in [2.75, 3.05) is 0 Å². The molecular formula is C15H22O3. The molecule has 2 aliphatic rings. The summed E-state index contributed by atoms with van der Waals surface area (Å²) in [5.74, 6) is 1.78. The van der Waals surface area contributed by atoms with Crippen molar-refractivity contribution in [2.24, 2.45) is 5.41 Å². The van der Waals surface area contributed by atoms with Crippen molar-refractivity contribution in [3.05, 3.63) is 11.6 Å². The average Bonchev–Trinajstić information content (AvgIpc) is 2.49. The SMILES string of the molecule is C#CC1(O)C(C)=CC2(CC1(C)C)OC(C)C(C)O2. The highest BCUT2D eigenvalue weighted by Gasteiger charge is 2.56. The Morgan fingerprint density at radius 2 is 1.83 bits per heavy atom. The van der Waals surface area contributed by atoms with Crippen LogP contribution in [-0.4, -0.2) is 28.7 Å². The van der Waals surface area contributed by atoms with Crippen molar-refractivity contribution in [1.82, 2.24) is 0 Å². The first-order valence-corrected chi connectivity index (χ1v) is 6.41. The molecule has 2 rings (SSSR count). The minimum Gasteiger partial charge on any atom is -0.373 e. The van der Waals surface area contributed by atoms with Gasteiger partial charge in [0, 0.05) is 11.8 Å². The monoisotopic (exact) mass is 250 g/mol. The van der Waals surface area contributed by atoms with E-state index in [4.69, 9.17) is 15.9 Å². The molecule has 1 aliphatic carbocycles. The maximum atomic E-state index is 10.6. The summed E-state index contributed by atoms with van der Waals surface area (Å²) in [6, 6.07) is 0. The molecule has 3 unspecified atom stereocenters. The molecular weight excluding hydrogens is 228 g/mol. The summed E-state index contributed by atoms with van der Waals surface area (Å²) < 4.78 is 11.9. The van der Waals surface area contributed by atoms with E-state index in [-0.39, 0.29) is 12.2 Å². The van der Waals surface area contributed by atoms with Gasteiger partial charge in [-0.15, -0.1) is 6.42 Å². The van der Waals surface area contributed by atoms with Crippen molar-refractivity contribution >= 4 is 0 Å². The van der Waals surface area contributed by atoms with E-state index in [1.54, 1.807) is 0 Å². The van der Waals surface area contributed by atoms with Crippen LogP contribution in [-0.2, 0) is 9.47 Å². The third-order valence-corrected chi connectivity index (χ3v) is 4.32. The van der Waals surface area contributed by atoms with Gasteiger partial charge in [-0.05, 0) is 32.4 Å². The van der Waals surface area contributed by atoms with Gasteiger partial charge in [0.1, 0.15) is 0 Å². The lowest BCUT2D eigenvalue weighted by Crippen LogP contribution is -2.53. The Morgan fingerprint density at radius 3 is 2.22 bits per heavy atom. The molecule has 0 aromatic carbocycles. The van der Waals surface area contributed by atoms with Crippen LogP contribution in [0.15, 0.2) is 11.6 Å². The molecule has 0 amide bonds. The fraction of sp³-hybridized carbons (Fsp3) is 0.733. The molecule has 3 heteroatoms. The topological polar surface area (TPSA) is 38.7 Å². The minimum absolute atomic E-state index is 0.0434. The molecule has 0 aromatic rings. The first-order valence-electron chi connectivity index (χ1n) is 6.41. The number of terminal acetylenes is 1. The molecule has 0 saturated carbocycles. The number of hydrogen-bond acceptors (Lipinski definition) is 3. The normalized spacial score (nSPS) is 46.8. The Labute approximate surface area is 109 Å². The van der Waals surface area contributed by atoms with Crippen molar-refractivity contribution in [1.29, 1.82) is 0 Å². The molecule has 0 aromatic heterocycles. The summed E-state index contributed by atoms with van der Waals surface area (Å²) >= 11 is 0. The van der Waals surface area contributed by atoms with E-state index in [0.29, 0.717) is 6.42 Å². The van der Waals surface area contributed by atoms with Crippen LogP contribution in [0.25, 0.3) is 0 Å². The second-order valence-corrected chi connectivity index (χ2v) is 6.20. The fourth-order valence-corrected chi connectivity index (χ4v) is 3.07. The lowest BCUT2D eigenvalue weighted by molar-refractivity contribution is -0.182. The number of hydrogen-bond donors (Lipinski definition) is 1. The van der Waals surface area contributed by atoms with Crippen LogP contribution in [0.2, 0.25) is 0 Å². The molecule has 1 saturated heterocycles. The molecule has 1 aliphatic heterocycles. The number of rotatable bonds is 0. The van der Waals surface area contributed by atoms with E-state index >= 15 is 0 Å². The second-order valence-electron chi connectivity index (χ2n) is 6.20. The highest BCUT2D eigenvalue weighted by atomic mass is 16.8. The van der Waals surface area contributed by atoms with E-state index in [2.05, 4.69) is 5.92 Å². The fourth-order valence-electron chi connectivity index (χ4n) is 3.07. The summed E-state index contributed by atoms with van der Waals surface area (Å²) in [5, 5.41) is 10.6.